The van der Waals surface area contributed by atoms with Crippen molar-refractivity contribution in [1.82, 2.24) is 9.97 Å². The van der Waals surface area contributed by atoms with Gasteiger partial charge >= 0.3 is 11.2 Å². The third-order valence-corrected chi connectivity index (χ3v) is 2.62. The van der Waals surface area contributed by atoms with Crippen LogP contribution >= 0.6 is 0 Å². The maximum Gasteiger partial charge on any atom is 0.375 e. The molecule has 0 aliphatic rings. The zero-order valence-corrected chi connectivity index (χ0v) is 10.2. The molecule has 0 aliphatic carbocycles. The molecule has 2 aromatic rings. The molecule has 19 heavy (non-hydrogen) atoms. The van der Waals surface area contributed by atoms with Crippen LogP contribution in [0.15, 0.2) is 41.5 Å². The summed E-state index contributed by atoms with van der Waals surface area (Å²) >= 11 is 0. The first kappa shape index (κ1) is 12.7. The Balaban J connectivity index is 2.34. The molecule has 0 radical (unpaired) electrons. The summed E-state index contributed by atoms with van der Waals surface area (Å²) < 4.78 is 0. The van der Waals surface area contributed by atoms with Crippen LogP contribution in [0.1, 0.15) is 5.56 Å². The number of nitrogens with one attached hydrogen (secondary N) is 1. The standard InChI is InChI=1S/C12H12N4O3/c1-15(7-9-5-3-2-4-6-9)11-10(16(18)19)12(17)14-8-13-11/h2-6,8H,7H2,1H3,(H,13,14,17). The van der Waals surface area contributed by atoms with Crippen molar-refractivity contribution < 1.29 is 4.92 Å². The zero-order chi connectivity index (χ0) is 13.8. The van der Waals surface area contributed by atoms with E-state index in [9.17, 15) is 14.9 Å². The number of hydrogen-bond donors (Lipinski definition) is 1. The van der Waals surface area contributed by atoms with E-state index in [1.807, 2.05) is 30.3 Å². The van der Waals surface area contributed by atoms with E-state index in [-0.39, 0.29) is 5.82 Å². The molecule has 0 fully saturated rings. The van der Waals surface area contributed by atoms with E-state index in [2.05, 4.69) is 9.97 Å². The lowest BCUT2D eigenvalue weighted by Gasteiger charge is -2.17. The summed E-state index contributed by atoms with van der Waals surface area (Å²) in [5.41, 5.74) is -0.322. The summed E-state index contributed by atoms with van der Waals surface area (Å²) in [5, 5.41) is 10.9. The van der Waals surface area contributed by atoms with Crippen molar-refractivity contribution in [3.63, 3.8) is 0 Å². The Kier molecular flexibility index (Phi) is 3.56. The minimum Gasteiger partial charge on any atom is -0.349 e. The molecule has 0 unspecified atom stereocenters. The number of H-pyrrole nitrogens is 1. The van der Waals surface area contributed by atoms with Gasteiger partial charge in [0, 0.05) is 13.6 Å². The van der Waals surface area contributed by atoms with E-state index >= 15 is 0 Å². The second-order valence-electron chi connectivity index (χ2n) is 4.00. The summed E-state index contributed by atoms with van der Waals surface area (Å²) in [6, 6.07) is 9.44. The number of aromatic nitrogens is 2. The molecule has 0 amide bonds. The Hall–Kier alpha value is -2.70. The van der Waals surface area contributed by atoms with Crippen LogP contribution < -0.4 is 10.5 Å². The van der Waals surface area contributed by atoms with Gasteiger partial charge in [0.15, 0.2) is 0 Å². The summed E-state index contributed by atoms with van der Waals surface area (Å²) in [6.45, 7) is 0.429. The number of nitro groups is 1. The lowest BCUT2D eigenvalue weighted by atomic mass is 10.2. The van der Waals surface area contributed by atoms with Crippen molar-refractivity contribution in [2.75, 3.05) is 11.9 Å². The molecular weight excluding hydrogens is 248 g/mol. The average molecular weight is 260 g/mol. The molecule has 0 spiro atoms. The topological polar surface area (TPSA) is 92.1 Å². The fourth-order valence-electron chi connectivity index (χ4n) is 1.76. The van der Waals surface area contributed by atoms with Crippen molar-refractivity contribution >= 4 is 11.5 Å². The van der Waals surface area contributed by atoms with Crippen LogP contribution in [-0.2, 0) is 6.54 Å². The molecule has 0 saturated carbocycles. The van der Waals surface area contributed by atoms with Gasteiger partial charge < -0.3 is 9.88 Å². The van der Waals surface area contributed by atoms with Gasteiger partial charge in [-0.15, -0.1) is 0 Å². The van der Waals surface area contributed by atoms with Crippen LogP contribution in [0.2, 0.25) is 0 Å². The third-order valence-electron chi connectivity index (χ3n) is 2.62. The molecular formula is C12H12N4O3. The number of aromatic amines is 1. The van der Waals surface area contributed by atoms with Gasteiger partial charge in [0.2, 0.25) is 5.82 Å². The summed E-state index contributed by atoms with van der Waals surface area (Å²) in [5.74, 6) is 0.0533. The Bertz CT molecular complexity index is 639. The van der Waals surface area contributed by atoms with Gasteiger partial charge in [0.05, 0.1) is 11.3 Å². The first-order valence-corrected chi connectivity index (χ1v) is 5.56. The van der Waals surface area contributed by atoms with E-state index in [4.69, 9.17) is 0 Å². The van der Waals surface area contributed by atoms with E-state index in [1.54, 1.807) is 11.9 Å². The highest BCUT2D eigenvalue weighted by Gasteiger charge is 2.23. The maximum atomic E-state index is 11.5. The minimum absolute atomic E-state index is 0.0533. The molecule has 98 valence electrons. The smallest absolute Gasteiger partial charge is 0.349 e. The van der Waals surface area contributed by atoms with Gasteiger partial charge in [-0.2, -0.15) is 0 Å². The van der Waals surface area contributed by atoms with Gasteiger partial charge in [-0.3, -0.25) is 14.9 Å². The number of nitrogens with zero attached hydrogens (tertiary/aromatic N) is 3. The zero-order valence-electron chi connectivity index (χ0n) is 10.2. The van der Waals surface area contributed by atoms with Crippen molar-refractivity contribution in [1.29, 1.82) is 0 Å². The molecule has 7 heteroatoms. The van der Waals surface area contributed by atoms with E-state index in [0.29, 0.717) is 6.54 Å². The van der Waals surface area contributed by atoms with Crippen molar-refractivity contribution in [2.45, 2.75) is 6.54 Å². The van der Waals surface area contributed by atoms with E-state index in [0.717, 1.165) is 11.9 Å². The fourth-order valence-corrected chi connectivity index (χ4v) is 1.76. The SMILES string of the molecule is CN(Cc1ccccc1)c1nc[nH]c(=O)c1[N+](=O)[O-]. The molecule has 0 bridgehead atoms. The third kappa shape index (κ3) is 2.76. The highest BCUT2D eigenvalue weighted by Crippen LogP contribution is 2.20. The van der Waals surface area contributed by atoms with Crippen LogP contribution in [0.4, 0.5) is 11.5 Å². The minimum atomic E-state index is -0.755. The number of hydrogen-bond acceptors (Lipinski definition) is 5. The number of anilines is 1. The summed E-state index contributed by atoms with van der Waals surface area (Å²) in [7, 11) is 1.65. The normalized spacial score (nSPS) is 10.2. The lowest BCUT2D eigenvalue weighted by Crippen LogP contribution is -2.23. The molecule has 1 aromatic carbocycles. The van der Waals surface area contributed by atoms with Crippen LogP contribution in [0.5, 0.6) is 0 Å². The first-order valence-electron chi connectivity index (χ1n) is 5.56. The highest BCUT2D eigenvalue weighted by atomic mass is 16.6. The Labute approximate surface area is 108 Å². The van der Waals surface area contributed by atoms with Gasteiger partial charge in [0.1, 0.15) is 0 Å². The molecule has 2 rings (SSSR count). The average Bonchev–Trinajstić information content (AvgIpc) is 2.39. The number of rotatable bonds is 4. The molecule has 1 aromatic heterocycles. The summed E-state index contributed by atoms with van der Waals surface area (Å²) in [6.07, 6.45) is 1.16. The monoisotopic (exact) mass is 260 g/mol. The molecule has 0 aliphatic heterocycles. The van der Waals surface area contributed by atoms with Gasteiger partial charge in [-0.05, 0) is 5.56 Å². The van der Waals surface area contributed by atoms with Crippen LogP contribution in [0.25, 0.3) is 0 Å². The largest absolute Gasteiger partial charge is 0.375 e. The van der Waals surface area contributed by atoms with E-state index in [1.165, 1.54) is 0 Å². The van der Waals surface area contributed by atoms with Gasteiger partial charge in [0.25, 0.3) is 0 Å². The Morgan fingerprint density at radius 1 is 1.37 bits per heavy atom. The maximum absolute atomic E-state index is 11.5. The predicted molar refractivity (Wildman–Crippen MR) is 70.1 cm³/mol. The van der Waals surface area contributed by atoms with Gasteiger partial charge in [-0.25, -0.2) is 4.98 Å². The predicted octanol–water partition coefficient (Wildman–Crippen LogP) is 1.31. The highest BCUT2D eigenvalue weighted by molar-refractivity contribution is 5.55. The molecule has 0 atom stereocenters. The van der Waals surface area contributed by atoms with Crippen LogP contribution in [0.3, 0.4) is 0 Å². The second-order valence-corrected chi connectivity index (χ2v) is 4.00. The molecule has 7 nitrogen and oxygen atoms in total. The first-order chi connectivity index (χ1) is 9.09. The fraction of sp³-hybridized carbons (Fsp3) is 0.167. The molecule has 0 saturated heterocycles. The van der Waals surface area contributed by atoms with Crippen molar-refractivity contribution in [3.05, 3.63) is 62.7 Å². The van der Waals surface area contributed by atoms with Crippen molar-refractivity contribution in [2.24, 2.45) is 0 Å². The summed E-state index contributed by atoms with van der Waals surface area (Å²) in [4.78, 5) is 29.3. The second kappa shape index (κ2) is 5.30. The van der Waals surface area contributed by atoms with Gasteiger partial charge in [-0.1, -0.05) is 30.3 Å². The quantitative estimate of drug-likeness (QED) is 0.661. The van der Waals surface area contributed by atoms with Crippen molar-refractivity contribution in [3.8, 4) is 0 Å². The van der Waals surface area contributed by atoms with Crippen LogP contribution in [0, 0.1) is 10.1 Å². The van der Waals surface area contributed by atoms with E-state index < -0.39 is 16.2 Å². The molecule has 1 heterocycles. The number of benzene rings is 1. The Morgan fingerprint density at radius 3 is 2.68 bits per heavy atom. The van der Waals surface area contributed by atoms with Crippen LogP contribution in [-0.4, -0.2) is 21.9 Å². The lowest BCUT2D eigenvalue weighted by molar-refractivity contribution is -0.385. The molecule has 1 N–H and O–H groups in total. The Morgan fingerprint density at radius 2 is 2.05 bits per heavy atom.